The van der Waals surface area contributed by atoms with Crippen molar-refractivity contribution in [1.82, 2.24) is 8.61 Å². The van der Waals surface area contributed by atoms with Gasteiger partial charge in [-0.15, -0.1) is 11.6 Å². The molecule has 0 aromatic rings. The normalized spacial score (nSPS) is 14.7. The summed E-state index contributed by atoms with van der Waals surface area (Å²) in [5.41, 5.74) is 0. The van der Waals surface area contributed by atoms with E-state index in [2.05, 4.69) is 0 Å². The van der Waals surface area contributed by atoms with Crippen molar-refractivity contribution in [3.05, 3.63) is 0 Å². The molecule has 16 heavy (non-hydrogen) atoms. The topological polar surface area (TPSA) is 40.6 Å². The summed E-state index contributed by atoms with van der Waals surface area (Å²) < 4.78 is 26.9. The predicted molar refractivity (Wildman–Crippen MR) is 69.0 cm³/mol. The molecular formula is C10H23ClN2O2S. The lowest BCUT2D eigenvalue weighted by Crippen LogP contribution is -2.44. The van der Waals surface area contributed by atoms with Crippen LogP contribution >= 0.6 is 11.6 Å². The van der Waals surface area contributed by atoms with Crippen molar-refractivity contribution in [3.63, 3.8) is 0 Å². The fourth-order valence-corrected chi connectivity index (χ4v) is 2.92. The fraction of sp³-hybridized carbons (Fsp3) is 1.00. The average Bonchev–Trinajstić information content (AvgIpc) is 2.24. The summed E-state index contributed by atoms with van der Waals surface area (Å²) in [7, 11) is -0.0985. The molecule has 98 valence electrons. The Morgan fingerprint density at radius 3 is 2.31 bits per heavy atom. The van der Waals surface area contributed by atoms with E-state index >= 15 is 0 Å². The van der Waals surface area contributed by atoms with Crippen LogP contribution in [-0.4, -0.2) is 49.6 Å². The molecule has 0 aliphatic rings. The molecule has 0 radical (unpaired) electrons. The molecule has 0 aromatic heterocycles. The molecule has 0 saturated carbocycles. The highest BCUT2D eigenvalue weighted by Gasteiger charge is 2.26. The third-order valence-electron chi connectivity index (χ3n) is 2.69. The van der Waals surface area contributed by atoms with E-state index in [9.17, 15) is 8.42 Å². The van der Waals surface area contributed by atoms with Crippen LogP contribution in [0, 0.1) is 0 Å². The van der Waals surface area contributed by atoms with Crippen molar-refractivity contribution in [2.45, 2.75) is 39.2 Å². The van der Waals surface area contributed by atoms with Crippen LogP contribution < -0.4 is 0 Å². The molecule has 0 rings (SSSR count). The average molecular weight is 271 g/mol. The number of hydrogen-bond acceptors (Lipinski definition) is 2. The Hall–Kier alpha value is 0.160. The van der Waals surface area contributed by atoms with E-state index in [1.807, 2.05) is 13.8 Å². The molecule has 0 N–H and O–H groups in total. The Bertz CT molecular complexity index is 283. The molecule has 1 unspecified atom stereocenters. The highest BCUT2D eigenvalue weighted by molar-refractivity contribution is 7.86. The summed E-state index contributed by atoms with van der Waals surface area (Å²) in [5.74, 6) is 0.480. The maximum Gasteiger partial charge on any atom is 0.281 e. The van der Waals surface area contributed by atoms with E-state index in [0.29, 0.717) is 18.8 Å². The third-order valence-corrected chi connectivity index (χ3v) is 5.02. The second-order valence-corrected chi connectivity index (χ2v) is 6.50. The zero-order valence-corrected chi connectivity index (χ0v) is 12.2. The summed E-state index contributed by atoms with van der Waals surface area (Å²) in [4.78, 5) is 0. The minimum atomic E-state index is -3.32. The summed E-state index contributed by atoms with van der Waals surface area (Å²) in [6, 6.07) is 0.0356. The Balaban J connectivity index is 4.51. The molecular weight excluding hydrogens is 248 g/mol. The monoisotopic (exact) mass is 270 g/mol. The van der Waals surface area contributed by atoms with Gasteiger partial charge in [-0.05, 0) is 19.8 Å². The summed E-state index contributed by atoms with van der Waals surface area (Å²) in [5, 5.41) is 0. The molecule has 0 amide bonds. The molecule has 0 heterocycles. The second kappa shape index (κ2) is 7.48. The van der Waals surface area contributed by atoms with Gasteiger partial charge in [0.25, 0.3) is 10.2 Å². The quantitative estimate of drug-likeness (QED) is 0.632. The van der Waals surface area contributed by atoms with Gasteiger partial charge in [-0.2, -0.15) is 17.0 Å². The van der Waals surface area contributed by atoms with Crippen LogP contribution in [0.5, 0.6) is 0 Å². The number of halogens is 1. The zero-order valence-electron chi connectivity index (χ0n) is 10.6. The molecule has 6 heteroatoms. The first-order valence-corrected chi connectivity index (χ1v) is 7.56. The SMILES string of the molecule is CCCC(C)N(C)S(=O)(=O)N(C)CCCCl. The van der Waals surface area contributed by atoms with Gasteiger partial charge in [0, 0.05) is 32.6 Å². The van der Waals surface area contributed by atoms with Gasteiger partial charge in [-0.25, -0.2) is 0 Å². The van der Waals surface area contributed by atoms with Crippen molar-refractivity contribution in [2.24, 2.45) is 0 Å². The van der Waals surface area contributed by atoms with Gasteiger partial charge in [0.1, 0.15) is 0 Å². The molecule has 0 aliphatic heterocycles. The van der Waals surface area contributed by atoms with E-state index in [-0.39, 0.29) is 6.04 Å². The minimum Gasteiger partial charge on any atom is -0.195 e. The largest absolute Gasteiger partial charge is 0.281 e. The van der Waals surface area contributed by atoms with Crippen molar-refractivity contribution in [2.75, 3.05) is 26.5 Å². The Labute approximate surface area is 105 Å². The lowest BCUT2D eigenvalue weighted by Gasteiger charge is -2.28. The van der Waals surface area contributed by atoms with Gasteiger partial charge in [-0.1, -0.05) is 13.3 Å². The van der Waals surface area contributed by atoms with E-state index in [4.69, 9.17) is 11.6 Å². The van der Waals surface area contributed by atoms with E-state index in [0.717, 1.165) is 12.8 Å². The molecule has 0 fully saturated rings. The van der Waals surface area contributed by atoms with Gasteiger partial charge >= 0.3 is 0 Å². The number of alkyl halides is 1. The van der Waals surface area contributed by atoms with Gasteiger partial charge < -0.3 is 0 Å². The molecule has 0 aromatic carbocycles. The molecule has 0 bridgehead atoms. The van der Waals surface area contributed by atoms with Crippen molar-refractivity contribution < 1.29 is 8.42 Å². The van der Waals surface area contributed by atoms with Crippen LogP contribution in [0.25, 0.3) is 0 Å². The first-order chi connectivity index (χ1) is 7.37. The van der Waals surface area contributed by atoms with E-state index < -0.39 is 10.2 Å². The predicted octanol–water partition coefficient (Wildman–Crippen LogP) is 1.91. The van der Waals surface area contributed by atoms with Crippen LogP contribution in [0.3, 0.4) is 0 Å². The maximum atomic E-state index is 12.1. The highest BCUT2D eigenvalue weighted by Crippen LogP contribution is 2.12. The zero-order chi connectivity index (χ0) is 12.8. The number of rotatable bonds is 8. The standard InChI is InChI=1S/C10H23ClN2O2S/c1-5-7-10(2)13(4)16(14,15)12(3)9-6-8-11/h10H,5-9H2,1-4H3. The lowest BCUT2D eigenvalue weighted by molar-refractivity contribution is 0.331. The summed E-state index contributed by atoms with van der Waals surface area (Å²) in [6.45, 7) is 4.44. The lowest BCUT2D eigenvalue weighted by atomic mass is 10.2. The summed E-state index contributed by atoms with van der Waals surface area (Å²) >= 11 is 5.55. The minimum absolute atomic E-state index is 0.0356. The van der Waals surface area contributed by atoms with Crippen LogP contribution in [0.2, 0.25) is 0 Å². The summed E-state index contributed by atoms with van der Waals surface area (Å²) in [6.07, 6.45) is 2.53. The van der Waals surface area contributed by atoms with Crippen LogP contribution in [0.15, 0.2) is 0 Å². The van der Waals surface area contributed by atoms with Gasteiger partial charge in [-0.3, -0.25) is 0 Å². The second-order valence-electron chi connectivity index (χ2n) is 4.03. The van der Waals surface area contributed by atoms with E-state index in [1.165, 1.54) is 8.61 Å². The van der Waals surface area contributed by atoms with Gasteiger partial charge in [0.15, 0.2) is 0 Å². The Morgan fingerprint density at radius 1 is 1.31 bits per heavy atom. The van der Waals surface area contributed by atoms with E-state index in [1.54, 1.807) is 14.1 Å². The van der Waals surface area contributed by atoms with Gasteiger partial charge in [0.2, 0.25) is 0 Å². The Kier molecular flexibility index (Phi) is 7.55. The highest BCUT2D eigenvalue weighted by atomic mass is 35.5. The first kappa shape index (κ1) is 16.2. The molecule has 0 aliphatic carbocycles. The van der Waals surface area contributed by atoms with Gasteiger partial charge in [0.05, 0.1) is 0 Å². The van der Waals surface area contributed by atoms with Crippen molar-refractivity contribution in [1.29, 1.82) is 0 Å². The molecule has 1 atom stereocenters. The van der Waals surface area contributed by atoms with Crippen LogP contribution in [-0.2, 0) is 10.2 Å². The third kappa shape index (κ3) is 4.57. The van der Waals surface area contributed by atoms with Crippen LogP contribution in [0.1, 0.15) is 33.1 Å². The maximum absolute atomic E-state index is 12.1. The smallest absolute Gasteiger partial charge is 0.195 e. The first-order valence-electron chi connectivity index (χ1n) is 5.63. The molecule has 4 nitrogen and oxygen atoms in total. The fourth-order valence-electron chi connectivity index (χ4n) is 1.44. The number of nitrogens with zero attached hydrogens (tertiary/aromatic N) is 2. The Morgan fingerprint density at radius 2 is 1.88 bits per heavy atom. The number of hydrogen-bond donors (Lipinski definition) is 0. The molecule has 0 spiro atoms. The van der Waals surface area contributed by atoms with Crippen molar-refractivity contribution in [3.8, 4) is 0 Å². The van der Waals surface area contributed by atoms with Crippen LogP contribution in [0.4, 0.5) is 0 Å². The molecule has 0 saturated heterocycles. The van der Waals surface area contributed by atoms with Crippen molar-refractivity contribution >= 4 is 21.8 Å².